The van der Waals surface area contributed by atoms with Gasteiger partial charge in [-0.3, -0.25) is 0 Å². The van der Waals surface area contributed by atoms with Crippen LogP contribution < -0.4 is 0 Å². The predicted octanol–water partition coefficient (Wildman–Crippen LogP) is -3.64. The van der Waals surface area contributed by atoms with Gasteiger partial charge >= 0.3 is 23.9 Å². The van der Waals surface area contributed by atoms with Gasteiger partial charge in [0.05, 0.1) is 85.9 Å². The molecule has 0 heterocycles. The predicted molar refractivity (Wildman–Crippen MR) is 116 cm³/mol. The summed E-state index contributed by atoms with van der Waals surface area (Å²) in [4.78, 5) is 43.1. The molecule has 0 fully saturated rings. The molecule has 0 radical (unpaired) electrons. The van der Waals surface area contributed by atoms with Crippen molar-refractivity contribution in [2.45, 2.75) is 0 Å². The van der Waals surface area contributed by atoms with Gasteiger partial charge in [-0.05, 0) is 12.1 Å². The van der Waals surface area contributed by atoms with E-state index in [1.54, 1.807) is 0 Å². The van der Waals surface area contributed by atoms with Gasteiger partial charge in [0.15, 0.2) is 0 Å². The van der Waals surface area contributed by atoms with Gasteiger partial charge in [0.1, 0.15) is 0 Å². The molecule has 0 aliphatic heterocycles. The van der Waals surface area contributed by atoms with Crippen molar-refractivity contribution in [3.8, 4) is 0 Å². The Labute approximate surface area is 203 Å². The quantitative estimate of drug-likeness (QED) is 0.125. The Morgan fingerprint density at radius 2 is 0.556 bits per heavy atom. The normalized spacial score (nSPS) is 10.9. The Bertz CT molecular complexity index is 719. The first-order chi connectivity index (χ1) is 16.7. The second-order valence-electron chi connectivity index (χ2n) is 7.43. The van der Waals surface area contributed by atoms with Gasteiger partial charge in [-0.1, -0.05) is 0 Å². The van der Waals surface area contributed by atoms with Crippen LogP contribution in [0, 0.1) is 10.8 Å². The summed E-state index contributed by atoms with van der Waals surface area (Å²) < 4.78 is 0. The van der Waals surface area contributed by atoms with E-state index in [1.165, 1.54) is 0 Å². The van der Waals surface area contributed by atoms with Crippen LogP contribution in [-0.4, -0.2) is 138 Å². The molecule has 16 heteroatoms. The number of rotatable bonds is 12. The van der Waals surface area contributed by atoms with E-state index >= 15 is 0 Å². The number of hydrogen-bond donors (Lipinski definition) is 12. The highest BCUT2D eigenvalue weighted by Crippen LogP contribution is 2.18. The number of aromatic carboxylic acids is 4. The molecule has 0 aliphatic rings. The largest absolute Gasteiger partial charge is 0.478 e. The highest BCUT2D eigenvalue weighted by Gasteiger charge is 2.27. The Kier molecular flexibility index (Phi) is 16.0. The topological polar surface area (TPSA) is 311 Å². The summed E-state index contributed by atoms with van der Waals surface area (Å²) in [5, 5.41) is 103. The average molecular weight is 526 g/mol. The molecule has 0 saturated heterocycles. The summed E-state index contributed by atoms with van der Waals surface area (Å²) in [5.74, 6) is -6.64. The standard InChI is InChI=1S/C10H6O8.2C5H12O4/c11-7(12)3-1-4(8(13)14)6(10(17)18)2-5(3)9(15)16;2*6-1-5(2-7,3-8)4-9/h1-2H,(H,11,12)(H,13,14)(H,15,16)(H,17,18);2*6-9H,1-4H2. The zero-order valence-corrected chi connectivity index (χ0v) is 18.8. The molecule has 0 unspecified atom stereocenters. The first kappa shape index (κ1) is 34.9. The minimum Gasteiger partial charge on any atom is -0.478 e. The molecule has 0 spiro atoms. The van der Waals surface area contributed by atoms with E-state index in [-0.39, 0.29) is 0 Å². The summed E-state index contributed by atoms with van der Waals surface area (Å²) >= 11 is 0. The van der Waals surface area contributed by atoms with E-state index in [0.29, 0.717) is 12.1 Å². The second kappa shape index (κ2) is 16.5. The fourth-order valence-electron chi connectivity index (χ4n) is 1.91. The van der Waals surface area contributed by atoms with Gasteiger partial charge in [-0.15, -0.1) is 0 Å². The minimum absolute atomic E-state index is 0.406. The number of aliphatic hydroxyl groups excluding tert-OH is 8. The van der Waals surface area contributed by atoms with E-state index in [9.17, 15) is 19.2 Å². The monoisotopic (exact) mass is 526 g/mol. The molecule has 0 aromatic heterocycles. The highest BCUT2D eigenvalue weighted by molar-refractivity contribution is 6.09. The third kappa shape index (κ3) is 9.80. The van der Waals surface area contributed by atoms with Gasteiger partial charge in [0.25, 0.3) is 0 Å². The van der Waals surface area contributed by atoms with Crippen molar-refractivity contribution < 1.29 is 80.5 Å². The molecular formula is C20H30O16. The van der Waals surface area contributed by atoms with Crippen molar-refractivity contribution in [2.24, 2.45) is 10.8 Å². The van der Waals surface area contributed by atoms with E-state index in [4.69, 9.17) is 61.3 Å². The molecule has 206 valence electrons. The molecular weight excluding hydrogens is 496 g/mol. The van der Waals surface area contributed by atoms with Crippen molar-refractivity contribution in [2.75, 3.05) is 52.9 Å². The lowest BCUT2D eigenvalue weighted by Crippen LogP contribution is -2.37. The van der Waals surface area contributed by atoms with Crippen LogP contribution in [0.4, 0.5) is 0 Å². The second-order valence-corrected chi connectivity index (χ2v) is 7.43. The van der Waals surface area contributed by atoms with Gasteiger partial charge < -0.3 is 61.3 Å². The number of carboxylic acid groups (broad SMARTS) is 4. The van der Waals surface area contributed by atoms with Crippen LogP contribution in [0.5, 0.6) is 0 Å². The van der Waals surface area contributed by atoms with Crippen molar-refractivity contribution in [3.63, 3.8) is 0 Å². The Morgan fingerprint density at radius 1 is 0.417 bits per heavy atom. The zero-order chi connectivity index (χ0) is 28.7. The van der Waals surface area contributed by atoms with Crippen molar-refractivity contribution in [1.82, 2.24) is 0 Å². The molecule has 1 aromatic rings. The number of carboxylic acids is 4. The number of hydrogen-bond acceptors (Lipinski definition) is 12. The number of carbonyl (C=O) groups is 4. The lowest BCUT2D eigenvalue weighted by atomic mass is 9.93. The Hall–Kier alpha value is -3.22. The minimum atomic E-state index is -1.66. The fraction of sp³-hybridized carbons (Fsp3) is 0.500. The molecule has 1 aromatic carbocycles. The summed E-state index contributed by atoms with van der Waals surface area (Å²) in [6.07, 6.45) is 0. The first-order valence-electron chi connectivity index (χ1n) is 9.72. The van der Waals surface area contributed by atoms with Crippen molar-refractivity contribution in [3.05, 3.63) is 34.4 Å². The Balaban J connectivity index is 0. The van der Waals surface area contributed by atoms with E-state index in [1.807, 2.05) is 0 Å². The number of aliphatic hydroxyl groups is 8. The maximum atomic E-state index is 10.8. The molecule has 0 amide bonds. The molecule has 0 saturated carbocycles. The maximum absolute atomic E-state index is 10.8. The van der Waals surface area contributed by atoms with Gasteiger partial charge in [-0.2, -0.15) is 0 Å². The van der Waals surface area contributed by atoms with Gasteiger partial charge in [-0.25, -0.2) is 19.2 Å². The molecule has 0 bridgehead atoms. The van der Waals surface area contributed by atoms with Crippen molar-refractivity contribution in [1.29, 1.82) is 0 Å². The van der Waals surface area contributed by atoms with E-state index in [0.717, 1.165) is 0 Å². The van der Waals surface area contributed by atoms with E-state index in [2.05, 4.69) is 0 Å². The average Bonchev–Trinajstić information content (AvgIpc) is 2.87. The fourth-order valence-corrected chi connectivity index (χ4v) is 1.91. The third-order valence-electron chi connectivity index (χ3n) is 4.76. The van der Waals surface area contributed by atoms with Crippen LogP contribution in [0.1, 0.15) is 41.4 Å². The lowest BCUT2D eigenvalue weighted by Gasteiger charge is -2.23. The van der Waals surface area contributed by atoms with Gasteiger partial charge in [0, 0.05) is 0 Å². The van der Waals surface area contributed by atoms with Crippen LogP contribution in [0.3, 0.4) is 0 Å². The van der Waals surface area contributed by atoms with Crippen LogP contribution >= 0.6 is 0 Å². The Morgan fingerprint density at radius 3 is 0.611 bits per heavy atom. The summed E-state index contributed by atoms with van der Waals surface area (Å²) in [6.45, 7) is -3.25. The van der Waals surface area contributed by atoms with Crippen molar-refractivity contribution >= 4 is 23.9 Å². The zero-order valence-electron chi connectivity index (χ0n) is 18.8. The molecule has 0 atom stereocenters. The van der Waals surface area contributed by atoms with Crippen LogP contribution in [0.25, 0.3) is 0 Å². The van der Waals surface area contributed by atoms with Crippen LogP contribution in [0.15, 0.2) is 12.1 Å². The van der Waals surface area contributed by atoms with E-state index < -0.39 is 110 Å². The third-order valence-corrected chi connectivity index (χ3v) is 4.76. The molecule has 12 N–H and O–H groups in total. The molecule has 36 heavy (non-hydrogen) atoms. The van der Waals surface area contributed by atoms with Gasteiger partial charge in [0.2, 0.25) is 0 Å². The van der Waals surface area contributed by atoms with Crippen LogP contribution in [0.2, 0.25) is 0 Å². The highest BCUT2D eigenvalue weighted by atomic mass is 16.4. The maximum Gasteiger partial charge on any atom is 0.336 e. The summed E-state index contributed by atoms with van der Waals surface area (Å²) in [7, 11) is 0. The SMILES string of the molecule is O=C(O)c1cc(C(=O)O)c(C(=O)O)cc1C(=O)O.OCC(CO)(CO)CO.OCC(CO)(CO)CO. The first-order valence-corrected chi connectivity index (χ1v) is 9.72. The smallest absolute Gasteiger partial charge is 0.336 e. The summed E-state index contributed by atoms with van der Waals surface area (Å²) in [5.41, 5.74) is -5.37. The lowest BCUT2D eigenvalue weighted by molar-refractivity contribution is -0.0332. The molecule has 16 nitrogen and oxygen atoms in total. The molecule has 0 aliphatic carbocycles. The molecule has 1 rings (SSSR count). The number of benzene rings is 1. The van der Waals surface area contributed by atoms with Crippen LogP contribution in [-0.2, 0) is 0 Å². The summed E-state index contributed by atoms with van der Waals surface area (Å²) in [6, 6.07) is 1.02.